The predicted octanol–water partition coefficient (Wildman–Crippen LogP) is 3.03. The predicted molar refractivity (Wildman–Crippen MR) is 98.6 cm³/mol. The van der Waals surface area contributed by atoms with Crippen LogP contribution >= 0.6 is 0 Å². The maximum atomic E-state index is 13.1. The Morgan fingerprint density at radius 1 is 1.15 bits per heavy atom. The lowest BCUT2D eigenvalue weighted by Crippen LogP contribution is -2.40. The van der Waals surface area contributed by atoms with E-state index in [9.17, 15) is 4.79 Å². The zero-order valence-electron chi connectivity index (χ0n) is 15.0. The first-order chi connectivity index (χ1) is 12.7. The smallest absolute Gasteiger partial charge is 0.271 e. The number of aromatic nitrogens is 4. The molecule has 6 nitrogen and oxygen atoms in total. The van der Waals surface area contributed by atoms with Gasteiger partial charge in [0.25, 0.3) is 5.91 Å². The number of nitrogens with zero attached hydrogens (tertiary/aromatic N) is 5. The topological polar surface area (TPSA) is 56.0 Å². The normalized spacial score (nSPS) is 17.4. The molecule has 1 amide bonds. The number of rotatable bonds is 4. The Bertz CT molecular complexity index is 883. The van der Waals surface area contributed by atoms with Crippen molar-refractivity contribution in [3.8, 4) is 0 Å². The summed E-state index contributed by atoms with van der Waals surface area (Å²) in [4.78, 5) is 15.1. The molecule has 6 heteroatoms. The zero-order valence-corrected chi connectivity index (χ0v) is 15.0. The number of piperidine rings is 1. The van der Waals surface area contributed by atoms with Crippen LogP contribution in [0.25, 0.3) is 0 Å². The highest BCUT2D eigenvalue weighted by molar-refractivity contribution is 5.93. The second-order valence-electron chi connectivity index (χ2n) is 6.82. The van der Waals surface area contributed by atoms with Gasteiger partial charge in [0.1, 0.15) is 12.0 Å². The van der Waals surface area contributed by atoms with E-state index in [-0.39, 0.29) is 11.9 Å². The van der Waals surface area contributed by atoms with E-state index in [1.165, 1.54) is 5.56 Å². The van der Waals surface area contributed by atoms with Crippen molar-refractivity contribution < 1.29 is 4.79 Å². The summed E-state index contributed by atoms with van der Waals surface area (Å²) in [5.74, 6) is 0.938. The molecule has 26 heavy (non-hydrogen) atoms. The summed E-state index contributed by atoms with van der Waals surface area (Å²) in [6.45, 7) is 1.47. The monoisotopic (exact) mass is 349 g/mol. The fraction of sp³-hybridized carbons (Fsp3) is 0.350. The number of amides is 1. The van der Waals surface area contributed by atoms with Gasteiger partial charge in [-0.3, -0.25) is 4.79 Å². The van der Waals surface area contributed by atoms with Crippen LogP contribution in [0, 0.1) is 0 Å². The summed E-state index contributed by atoms with van der Waals surface area (Å²) in [6, 6.07) is 14.0. The minimum Gasteiger partial charge on any atom is -0.347 e. The lowest BCUT2D eigenvalue weighted by atomic mass is 10.0. The second kappa shape index (κ2) is 7.15. The van der Waals surface area contributed by atoms with Gasteiger partial charge in [0.15, 0.2) is 5.82 Å². The van der Waals surface area contributed by atoms with E-state index in [1.807, 2.05) is 53.0 Å². The molecule has 0 aliphatic carbocycles. The Kier molecular flexibility index (Phi) is 4.56. The lowest BCUT2D eigenvalue weighted by Gasteiger charge is -2.35. The summed E-state index contributed by atoms with van der Waals surface area (Å²) in [5, 5.41) is 8.52. The van der Waals surface area contributed by atoms with E-state index >= 15 is 0 Å². The number of likely N-dealkylation sites (tertiary alicyclic amines) is 1. The number of hydrogen-bond donors (Lipinski definition) is 0. The van der Waals surface area contributed by atoms with Gasteiger partial charge < -0.3 is 14.0 Å². The highest BCUT2D eigenvalue weighted by Crippen LogP contribution is 2.31. The fourth-order valence-electron chi connectivity index (χ4n) is 3.70. The van der Waals surface area contributed by atoms with Gasteiger partial charge in [-0.1, -0.05) is 30.3 Å². The number of carbonyl (C=O) groups excluding carboxylic acids is 1. The third-order valence-corrected chi connectivity index (χ3v) is 5.07. The van der Waals surface area contributed by atoms with Crippen LogP contribution in [0.2, 0.25) is 0 Å². The Labute approximate surface area is 153 Å². The molecule has 0 unspecified atom stereocenters. The highest BCUT2D eigenvalue weighted by atomic mass is 16.2. The first-order valence-corrected chi connectivity index (χ1v) is 9.08. The Morgan fingerprint density at radius 3 is 2.77 bits per heavy atom. The van der Waals surface area contributed by atoms with Gasteiger partial charge in [0, 0.05) is 19.8 Å². The molecular weight excluding hydrogens is 326 g/mol. The summed E-state index contributed by atoms with van der Waals surface area (Å²) >= 11 is 0. The molecule has 0 saturated carbocycles. The molecule has 0 radical (unpaired) electrons. The highest BCUT2D eigenvalue weighted by Gasteiger charge is 2.32. The molecule has 2 aromatic heterocycles. The van der Waals surface area contributed by atoms with Gasteiger partial charge in [0.2, 0.25) is 0 Å². The molecule has 1 saturated heterocycles. The standard InChI is InChI=1S/C20H23N5O/c1-23-12-7-11-18(23)20(26)25-13-6-5-10-17(25)19-22-21-15-24(19)14-16-8-3-2-4-9-16/h2-4,7-9,11-12,15,17H,5-6,10,13-14H2,1H3/t17-/m0/s1. The summed E-state index contributed by atoms with van der Waals surface area (Å²) in [7, 11) is 1.91. The van der Waals surface area contributed by atoms with E-state index in [0.29, 0.717) is 12.2 Å². The Balaban J connectivity index is 1.62. The third-order valence-electron chi connectivity index (χ3n) is 5.07. The molecule has 4 rings (SSSR count). The van der Waals surface area contributed by atoms with Crippen molar-refractivity contribution in [3.05, 3.63) is 72.1 Å². The van der Waals surface area contributed by atoms with E-state index in [0.717, 1.165) is 31.6 Å². The molecule has 0 N–H and O–H groups in total. The van der Waals surface area contributed by atoms with Crippen molar-refractivity contribution in [1.82, 2.24) is 24.2 Å². The largest absolute Gasteiger partial charge is 0.347 e. The van der Waals surface area contributed by atoms with Crippen LogP contribution in [0.4, 0.5) is 0 Å². The van der Waals surface area contributed by atoms with Crippen LogP contribution in [0.5, 0.6) is 0 Å². The average molecular weight is 349 g/mol. The minimum absolute atomic E-state index is 0.0302. The third kappa shape index (κ3) is 3.14. The molecule has 1 atom stereocenters. The SMILES string of the molecule is Cn1cccc1C(=O)N1CCCC[C@H]1c1nncn1Cc1ccccc1. The van der Waals surface area contributed by atoms with Crippen LogP contribution < -0.4 is 0 Å². The number of hydrogen-bond acceptors (Lipinski definition) is 3. The molecule has 1 aliphatic heterocycles. The molecule has 134 valence electrons. The van der Waals surface area contributed by atoms with Gasteiger partial charge >= 0.3 is 0 Å². The van der Waals surface area contributed by atoms with Crippen LogP contribution in [0.15, 0.2) is 55.0 Å². The van der Waals surface area contributed by atoms with Crippen LogP contribution in [-0.4, -0.2) is 36.7 Å². The maximum Gasteiger partial charge on any atom is 0.271 e. The first kappa shape index (κ1) is 16.6. The number of aryl methyl sites for hydroxylation is 1. The van der Waals surface area contributed by atoms with E-state index in [1.54, 1.807) is 6.33 Å². The van der Waals surface area contributed by atoms with Crippen molar-refractivity contribution in [2.75, 3.05) is 6.54 Å². The maximum absolute atomic E-state index is 13.1. The molecule has 1 aromatic carbocycles. The summed E-state index contributed by atoms with van der Waals surface area (Å²) in [5.41, 5.74) is 1.91. The van der Waals surface area contributed by atoms with E-state index in [4.69, 9.17) is 0 Å². The first-order valence-electron chi connectivity index (χ1n) is 9.08. The molecule has 0 bridgehead atoms. The Hall–Kier alpha value is -2.89. The lowest BCUT2D eigenvalue weighted by molar-refractivity contribution is 0.0585. The quantitative estimate of drug-likeness (QED) is 0.727. The fourth-order valence-corrected chi connectivity index (χ4v) is 3.70. The minimum atomic E-state index is -0.0302. The van der Waals surface area contributed by atoms with Crippen molar-refractivity contribution in [3.63, 3.8) is 0 Å². The van der Waals surface area contributed by atoms with Gasteiger partial charge in [-0.25, -0.2) is 0 Å². The van der Waals surface area contributed by atoms with Crippen molar-refractivity contribution in [1.29, 1.82) is 0 Å². The van der Waals surface area contributed by atoms with E-state index < -0.39 is 0 Å². The average Bonchev–Trinajstić information content (AvgIpc) is 3.31. The number of benzene rings is 1. The molecule has 0 spiro atoms. The van der Waals surface area contributed by atoms with Gasteiger partial charge in [-0.2, -0.15) is 0 Å². The van der Waals surface area contributed by atoms with Crippen molar-refractivity contribution in [2.24, 2.45) is 7.05 Å². The summed E-state index contributed by atoms with van der Waals surface area (Å²) in [6.07, 6.45) is 6.72. The zero-order chi connectivity index (χ0) is 17.9. The molecule has 1 fully saturated rings. The number of carbonyl (C=O) groups is 1. The van der Waals surface area contributed by atoms with Gasteiger partial charge in [0.05, 0.1) is 12.6 Å². The molecule has 3 aromatic rings. The molecular formula is C20H23N5O. The van der Waals surface area contributed by atoms with Crippen LogP contribution in [0.1, 0.15) is 47.2 Å². The van der Waals surface area contributed by atoms with Crippen molar-refractivity contribution >= 4 is 5.91 Å². The van der Waals surface area contributed by atoms with E-state index in [2.05, 4.69) is 26.9 Å². The second-order valence-corrected chi connectivity index (χ2v) is 6.82. The van der Waals surface area contributed by atoms with Crippen LogP contribution in [-0.2, 0) is 13.6 Å². The van der Waals surface area contributed by atoms with Crippen LogP contribution in [0.3, 0.4) is 0 Å². The molecule has 1 aliphatic rings. The van der Waals surface area contributed by atoms with Gasteiger partial charge in [-0.15, -0.1) is 10.2 Å². The summed E-state index contributed by atoms with van der Waals surface area (Å²) < 4.78 is 3.94. The van der Waals surface area contributed by atoms with Gasteiger partial charge in [-0.05, 0) is 37.0 Å². The molecule has 3 heterocycles. The Morgan fingerprint density at radius 2 is 2.00 bits per heavy atom. The van der Waals surface area contributed by atoms with Crippen molar-refractivity contribution in [2.45, 2.75) is 31.8 Å².